The number of aromatic nitrogens is 2. The first-order valence-corrected chi connectivity index (χ1v) is 13.7. The van der Waals surface area contributed by atoms with Crippen LogP contribution in [0, 0.1) is 0 Å². The maximum Gasteiger partial charge on any atom is 0.257 e. The van der Waals surface area contributed by atoms with Gasteiger partial charge < -0.3 is 4.74 Å². The van der Waals surface area contributed by atoms with Crippen LogP contribution in [-0.4, -0.2) is 55.1 Å². The Hall–Kier alpha value is -1.73. The second-order valence-corrected chi connectivity index (χ2v) is 11.9. The van der Waals surface area contributed by atoms with Gasteiger partial charge in [0.05, 0.1) is 28.2 Å². The number of carbonyl (C=O) groups excluding carboxylic acids is 1. The van der Waals surface area contributed by atoms with Gasteiger partial charge in [-0.05, 0) is 42.0 Å². The molecule has 1 amide bonds. The smallest absolute Gasteiger partial charge is 0.257 e. The normalized spacial score (nSPS) is 14.8. The van der Waals surface area contributed by atoms with E-state index in [1.54, 1.807) is 12.1 Å². The summed E-state index contributed by atoms with van der Waals surface area (Å²) in [6, 6.07) is 11.2. The lowest BCUT2D eigenvalue weighted by molar-refractivity contribution is 0.0730. The first-order valence-electron chi connectivity index (χ1n) is 9.72. The molecule has 0 aliphatic carbocycles. The summed E-state index contributed by atoms with van der Waals surface area (Å²) in [5, 5.41) is 12.1. The predicted molar refractivity (Wildman–Crippen MR) is 130 cm³/mol. The minimum Gasteiger partial charge on any atom is -0.379 e. The Morgan fingerprint density at radius 3 is 2.52 bits per heavy atom. The number of morpholine rings is 1. The number of rotatable bonds is 7. The molecule has 174 valence electrons. The maximum atomic E-state index is 12.7. The molecule has 8 nitrogen and oxygen atoms in total. The molecule has 3 aromatic rings. The van der Waals surface area contributed by atoms with E-state index >= 15 is 0 Å². The molecule has 13 heteroatoms. The monoisotopic (exact) mass is 544 g/mol. The van der Waals surface area contributed by atoms with Crippen LogP contribution in [0.5, 0.6) is 0 Å². The third-order valence-electron chi connectivity index (χ3n) is 4.70. The Kier molecular flexibility index (Phi) is 7.90. The number of sulfonamides is 1. The molecule has 1 aliphatic heterocycles. The fourth-order valence-corrected chi connectivity index (χ4v) is 6.40. The first kappa shape index (κ1) is 24.4. The van der Waals surface area contributed by atoms with E-state index in [2.05, 4.69) is 15.5 Å². The summed E-state index contributed by atoms with van der Waals surface area (Å²) in [6.07, 6.45) is 0. The average molecular weight is 545 g/mol. The number of nitrogens with one attached hydrogen (secondary N) is 1. The molecule has 2 aromatic carbocycles. The van der Waals surface area contributed by atoms with E-state index < -0.39 is 15.9 Å². The summed E-state index contributed by atoms with van der Waals surface area (Å²) in [5.41, 5.74) is 1.30. The van der Waals surface area contributed by atoms with E-state index in [9.17, 15) is 13.2 Å². The summed E-state index contributed by atoms with van der Waals surface area (Å²) in [4.78, 5) is 12.7. The number of hydrogen-bond donors (Lipinski definition) is 1. The number of thioether (sulfide) groups is 1. The second-order valence-electron chi connectivity index (χ2n) is 6.91. The van der Waals surface area contributed by atoms with Crippen molar-refractivity contribution < 1.29 is 17.9 Å². The highest BCUT2D eigenvalue weighted by atomic mass is 35.5. The zero-order chi connectivity index (χ0) is 23.4. The van der Waals surface area contributed by atoms with Crippen molar-refractivity contribution >= 4 is 67.4 Å². The van der Waals surface area contributed by atoms with Crippen LogP contribution in [0.25, 0.3) is 0 Å². The van der Waals surface area contributed by atoms with E-state index in [4.69, 9.17) is 27.9 Å². The van der Waals surface area contributed by atoms with Gasteiger partial charge in [-0.2, -0.15) is 4.31 Å². The van der Waals surface area contributed by atoms with Crippen LogP contribution in [0.4, 0.5) is 5.13 Å². The third-order valence-corrected chi connectivity index (χ3v) is 9.39. The van der Waals surface area contributed by atoms with Crippen LogP contribution in [-0.2, 0) is 20.5 Å². The molecule has 1 aromatic heterocycles. The molecule has 2 heterocycles. The van der Waals surface area contributed by atoms with Gasteiger partial charge in [0.15, 0.2) is 4.34 Å². The number of amides is 1. The molecule has 0 spiro atoms. The highest BCUT2D eigenvalue weighted by Crippen LogP contribution is 2.30. The highest BCUT2D eigenvalue weighted by Gasteiger charge is 2.26. The minimum atomic E-state index is -3.61. The molecule has 0 radical (unpaired) electrons. The van der Waals surface area contributed by atoms with E-state index in [1.165, 1.54) is 51.7 Å². The van der Waals surface area contributed by atoms with Crippen molar-refractivity contribution in [3.05, 3.63) is 63.6 Å². The van der Waals surface area contributed by atoms with Crippen molar-refractivity contribution in [3.63, 3.8) is 0 Å². The molecule has 4 rings (SSSR count). The fourth-order valence-electron chi connectivity index (χ4n) is 2.98. The quantitative estimate of drug-likeness (QED) is 0.347. The van der Waals surface area contributed by atoms with Crippen LogP contribution in [0.1, 0.15) is 15.9 Å². The number of ether oxygens (including phenoxy) is 1. The highest BCUT2D eigenvalue weighted by molar-refractivity contribution is 8.00. The van der Waals surface area contributed by atoms with Crippen molar-refractivity contribution in [1.82, 2.24) is 14.5 Å². The van der Waals surface area contributed by atoms with Gasteiger partial charge in [0, 0.05) is 24.4 Å². The molecular formula is C20H18Cl2N4O4S3. The Bertz CT molecular complexity index is 1250. The summed E-state index contributed by atoms with van der Waals surface area (Å²) >= 11 is 14.7. The second kappa shape index (κ2) is 10.7. The van der Waals surface area contributed by atoms with E-state index in [1.807, 2.05) is 6.07 Å². The van der Waals surface area contributed by atoms with Gasteiger partial charge in [0.2, 0.25) is 15.2 Å². The van der Waals surface area contributed by atoms with Gasteiger partial charge in [-0.25, -0.2) is 8.42 Å². The van der Waals surface area contributed by atoms with Gasteiger partial charge in [0.25, 0.3) is 5.91 Å². The SMILES string of the molecule is O=C(Nc1nnc(SCc2ccc(Cl)c(Cl)c2)s1)c1ccc(S(=O)(=O)N2CCOCC2)cc1. The van der Waals surface area contributed by atoms with Crippen LogP contribution in [0.3, 0.4) is 0 Å². The van der Waals surface area contributed by atoms with Crippen LogP contribution in [0.2, 0.25) is 10.0 Å². The molecule has 1 N–H and O–H groups in total. The van der Waals surface area contributed by atoms with Gasteiger partial charge in [0.1, 0.15) is 0 Å². The first-order chi connectivity index (χ1) is 15.8. The minimum absolute atomic E-state index is 0.137. The molecular weight excluding hydrogens is 527 g/mol. The Labute approximate surface area is 209 Å². The van der Waals surface area contributed by atoms with Crippen LogP contribution >= 0.6 is 46.3 Å². The maximum absolute atomic E-state index is 12.7. The Morgan fingerprint density at radius 1 is 1.09 bits per heavy atom. The summed E-state index contributed by atoms with van der Waals surface area (Å²) < 4.78 is 32.7. The van der Waals surface area contributed by atoms with Gasteiger partial charge >= 0.3 is 0 Å². The number of anilines is 1. The van der Waals surface area contributed by atoms with Crippen LogP contribution in [0.15, 0.2) is 51.7 Å². The molecule has 0 bridgehead atoms. The molecule has 1 aliphatic rings. The molecule has 1 saturated heterocycles. The van der Waals surface area contributed by atoms with Gasteiger partial charge in [-0.1, -0.05) is 52.4 Å². The Balaban J connectivity index is 1.35. The van der Waals surface area contributed by atoms with E-state index in [-0.39, 0.29) is 4.90 Å². The lowest BCUT2D eigenvalue weighted by atomic mass is 10.2. The molecule has 0 atom stereocenters. The zero-order valence-corrected chi connectivity index (χ0v) is 21.0. The van der Waals surface area contributed by atoms with Crippen molar-refractivity contribution in [2.75, 3.05) is 31.6 Å². The zero-order valence-electron chi connectivity index (χ0n) is 17.0. The predicted octanol–water partition coefficient (Wildman–Crippen LogP) is 4.41. The summed E-state index contributed by atoms with van der Waals surface area (Å²) in [6.45, 7) is 1.37. The number of benzene rings is 2. The molecule has 0 unspecified atom stereocenters. The third kappa shape index (κ3) is 6.04. The van der Waals surface area contributed by atoms with E-state index in [0.717, 1.165) is 5.56 Å². The lowest BCUT2D eigenvalue weighted by Crippen LogP contribution is -2.40. The molecule has 33 heavy (non-hydrogen) atoms. The fraction of sp³-hybridized carbons (Fsp3) is 0.250. The molecule has 0 saturated carbocycles. The lowest BCUT2D eigenvalue weighted by Gasteiger charge is -2.26. The van der Waals surface area contributed by atoms with Crippen molar-refractivity contribution in [2.24, 2.45) is 0 Å². The number of hydrogen-bond acceptors (Lipinski definition) is 8. The largest absolute Gasteiger partial charge is 0.379 e. The van der Waals surface area contributed by atoms with Crippen LogP contribution < -0.4 is 5.32 Å². The number of halogens is 2. The topological polar surface area (TPSA) is 101 Å². The molecule has 1 fully saturated rings. The average Bonchev–Trinajstić information content (AvgIpc) is 3.27. The van der Waals surface area contributed by atoms with E-state index in [0.29, 0.717) is 57.1 Å². The number of carbonyl (C=O) groups is 1. The Morgan fingerprint density at radius 2 is 1.82 bits per heavy atom. The van der Waals surface area contributed by atoms with Gasteiger partial charge in [-0.15, -0.1) is 10.2 Å². The standard InChI is InChI=1S/C20H18Cl2N4O4S3/c21-16-6-1-13(11-17(16)22)12-31-20-25-24-19(32-20)23-18(27)14-2-4-15(5-3-14)33(28,29)26-7-9-30-10-8-26/h1-6,11H,7-10,12H2,(H,23,24,27). The van der Waals surface area contributed by atoms with Crippen molar-refractivity contribution in [3.8, 4) is 0 Å². The summed E-state index contributed by atoms with van der Waals surface area (Å²) in [7, 11) is -3.61. The summed E-state index contributed by atoms with van der Waals surface area (Å²) in [5.74, 6) is 0.223. The van der Waals surface area contributed by atoms with Crippen molar-refractivity contribution in [2.45, 2.75) is 15.0 Å². The van der Waals surface area contributed by atoms with Gasteiger partial charge in [-0.3, -0.25) is 10.1 Å². The van der Waals surface area contributed by atoms with Crippen molar-refractivity contribution in [1.29, 1.82) is 0 Å². The number of nitrogens with zero attached hydrogens (tertiary/aromatic N) is 3.